The summed E-state index contributed by atoms with van der Waals surface area (Å²) in [7, 11) is -2.46. The molecule has 1 aliphatic heterocycles. The van der Waals surface area contributed by atoms with Crippen molar-refractivity contribution in [3.8, 4) is 0 Å². The predicted octanol–water partition coefficient (Wildman–Crippen LogP) is -0.0838. The molecule has 2 aliphatic rings. The van der Waals surface area contributed by atoms with Gasteiger partial charge in [-0.05, 0) is 32.1 Å². The van der Waals surface area contributed by atoms with Crippen molar-refractivity contribution in [1.29, 1.82) is 0 Å². The summed E-state index contributed by atoms with van der Waals surface area (Å²) in [6.45, 7) is 0.575. The van der Waals surface area contributed by atoms with Crippen molar-refractivity contribution in [2.24, 2.45) is 5.92 Å². The predicted molar refractivity (Wildman–Crippen MR) is 75.8 cm³/mol. The first-order valence-corrected chi connectivity index (χ1v) is 8.87. The van der Waals surface area contributed by atoms with Gasteiger partial charge in [0.25, 0.3) is 0 Å². The third-order valence-electron chi connectivity index (χ3n) is 4.20. The third-order valence-corrected chi connectivity index (χ3v) is 6.17. The lowest BCUT2D eigenvalue weighted by molar-refractivity contribution is -0.145. The number of ether oxygens (including phenoxy) is 1. The van der Waals surface area contributed by atoms with Crippen LogP contribution in [0.3, 0.4) is 0 Å². The highest BCUT2D eigenvalue weighted by Crippen LogP contribution is 2.32. The number of esters is 1. The third kappa shape index (κ3) is 3.74. The zero-order chi connectivity index (χ0) is 15.5. The van der Waals surface area contributed by atoms with Crippen LogP contribution in [0.2, 0.25) is 0 Å². The lowest BCUT2D eigenvalue weighted by Crippen LogP contribution is -2.49. The Hall–Kier alpha value is -1.15. The summed E-state index contributed by atoms with van der Waals surface area (Å²) in [6.07, 6.45) is 3.72. The maximum Gasteiger partial charge on any atom is 0.310 e. The van der Waals surface area contributed by atoms with Gasteiger partial charge in [0, 0.05) is 6.54 Å². The molecule has 1 saturated heterocycles. The highest BCUT2D eigenvalue weighted by Gasteiger charge is 2.43. The minimum absolute atomic E-state index is 0.288. The van der Waals surface area contributed by atoms with Gasteiger partial charge >= 0.3 is 5.97 Å². The van der Waals surface area contributed by atoms with E-state index in [0.29, 0.717) is 32.2 Å². The van der Waals surface area contributed by atoms with Gasteiger partial charge < -0.3 is 10.1 Å². The summed E-state index contributed by atoms with van der Waals surface area (Å²) in [5.41, 5.74) is 0. The Morgan fingerprint density at radius 3 is 2.71 bits per heavy atom. The van der Waals surface area contributed by atoms with Gasteiger partial charge in [0.1, 0.15) is 6.04 Å². The summed E-state index contributed by atoms with van der Waals surface area (Å²) in [6, 6.07) is -0.739. The molecule has 2 fully saturated rings. The summed E-state index contributed by atoms with van der Waals surface area (Å²) < 4.78 is 32.1. The van der Waals surface area contributed by atoms with Crippen molar-refractivity contribution in [1.82, 2.24) is 10.0 Å². The van der Waals surface area contributed by atoms with E-state index in [4.69, 9.17) is 0 Å². The Labute approximate surface area is 124 Å². The number of methoxy groups -OCH3 is 1. The van der Waals surface area contributed by atoms with Gasteiger partial charge in [-0.1, -0.05) is 6.42 Å². The fourth-order valence-electron chi connectivity index (χ4n) is 3.06. The van der Waals surface area contributed by atoms with E-state index in [1.807, 2.05) is 0 Å². The molecule has 1 amide bonds. The van der Waals surface area contributed by atoms with E-state index in [1.165, 1.54) is 7.11 Å². The van der Waals surface area contributed by atoms with Crippen LogP contribution in [0.5, 0.6) is 0 Å². The van der Waals surface area contributed by atoms with E-state index >= 15 is 0 Å². The summed E-state index contributed by atoms with van der Waals surface area (Å²) in [5, 5.41) is 1.89. The van der Waals surface area contributed by atoms with Crippen molar-refractivity contribution in [2.45, 2.75) is 49.8 Å². The number of sulfonamides is 1. The standard InChI is InChI=1S/C13H22N2O5S/c1-20-13(17)9-5-4-7-11(9)21(18,19)15-10-6-2-3-8-14-12(10)16/h9-11,15H,2-8H2,1H3,(H,14,16). The quantitative estimate of drug-likeness (QED) is 0.706. The number of hydrogen-bond donors (Lipinski definition) is 2. The van der Waals surface area contributed by atoms with E-state index in [0.717, 1.165) is 12.8 Å². The number of carbonyl (C=O) groups excluding carboxylic acids is 2. The molecule has 0 aromatic heterocycles. The van der Waals surface area contributed by atoms with Crippen LogP contribution >= 0.6 is 0 Å². The molecule has 0 spiro atoms. The number of hydrogen-bond acceptors (Lipinski definition) is 5. The first-order valence-electron chi connectivity index (χ1n) is 7.32. The fraction of sp³-hybridized carbons (Fsp3) is 0.846. The second-order valence-corrected chi connectivity index (χ2v) is 7.53. The average molecular weight is 318 g/mol. The SMILES string of the molecule is COC(=O)C1CCCC1S(=O)(=O)NC1CCCCNC1=O. The second kappa shape index (κ2) is 6.74. The Balaban J connectivity index is 2.10. The van der Waals surface area contributed by atoms with Gasteiger partial charge in [0.05, 0.1) is 18.3 Å². The normalized spacial score (nSPS) is 30.5. The van der Waals surface area contributed by atoms with Crippen molar-refractivity contribution >= 4 is 21.9 Å². The minimum Gasteiger partial charge on any atom is -0.469 e. The van der Waals surface area contributed by atoms with Crippen LogP contribution < -0.4 is 10.0 Å². The van der Waals surface area contributed by atoms with Gasteiger partial charge in [-0.3, -0.25) is 9.59 Å². The second-order valence-electron chi connectivity index (χ2n) is 5.60. The molecule has 2 rings (SSSR count). The number of nitrogens with one attached hydrogen (secondary N) is 2. The molecule has 1 saturated carbocycles. The molecule has 0 radical (unpaired) electrons. The number of carbonyl (C=O) groups is 2. The van der Waals surface area contributed by atoms with E-state index in [1.54, 1.807) is 0 Å². The van der Waals surface area contributed by atoms with Crippen LogP contribution in [-0.4, -0.2) is 45.2 Å². The van der Waals surface area contributed by atoms with E-state index in [9.17, 15) is 18.0 Å². The highest BCUT2D eigenvalue weighted by molar-refractivity contribution is 7.90. The molecule has 7 nitrogen and oxygen atoms in total. The summed E-state index contributed by atoms with van der Waals surface area (Å²) in [4.78, 5) is 23.5. The van der Waals surface area contributed by atoms with Crippen LogP contribution in [-0.2, 0) is 24.3 Å². The molecule has 120 valence electrons. The van der Waals surface area contributed by atoms with Gasteiger partial charge in [-0.15, -0.1) is 0 Å². The zero-order valence-corrected chi connectivity index (χ0v) is 12.9. The van der Waals surface area contributed by atoms with Gasteiger partial charge in [-0.2, -0.15) is 0 Å². The maximum absolute atomic E-state index is 12.5. The Kier molecular flexibility index (Phi) is 5.21. The maximum atomic E-state index is 12.5. The largest absolute Gasteiger partial charge is 0.469 e. The molecule has 8 heteroatoms. The topological polar surface area (TPSA) is 102 Å². The lowest BCUT2D eigenvalue weighted by atomic mass is 10.1. The van der Waals surface area contributed by atoms with Crippen molar-refractivity contribution < 1.29 is 22.7 Å². The molecule has 3 atom stereocenters. The van der Waals surface area contributed by atoms with Gasteiger partial charge in [0.15, 0.2) is 0 Å². The van der Waals surface area contributed by atoms with Crippen LogP contribution in [0.15, 0.2) is 0 Å². The Morgan fingerprint density at radius 2 is 2.00 bits per heavy atom. The van der Waals surface area contributed by atoms with Crippen LogP contribution in [0.25, 0.3) is 0 Å². The first kappa shape index (κ1) is 16.2. The lowest BCUT2D eigenvalue weighted by Gasteiger charge is -2.22. The van der Waals surface area contributed by atoms with Crippen LogP contribution in [0.4, 0.5) is 0 Å². The number of rotatable bonds is 4. The minimum atomic E-state index is -3.72. The van der Waals surface area contributed by atoms with E-state index in [-0.39, 0.29) is 5.91 Å². The molecule has 0 bridgehead atoms. The smallest absolute Gasteiger partial charge is 0.310 e. The number of amides is 1. The molecular weight excluding hydrogens is 296 g/mol. The van der Waals surface area contributed by atoms with Gasteiger partial charge in [0.2, 0.25) is 15.9 Å². The summed E-state index contributed by atoms with van der Waals surface area (Å²) in [5.74, 6) is -1.42. The Bertz CT molecular complexity index is 505. The molecule has 0 aromatic carbocycles. The fourth-order valence-corrected chi connectivity index (χ4v) is 5.01. The van der Waals surface area contributed by atoms with Crippen LogP contribution in [0.1, 0.15) is 38.5 Å². The molecule has 21 heavy (non-hydrogen) atoms. The van der Waals surface area contributed by atoms with E-state index in [2.05, 4.69) is 14.8 Å². The van der Waals surface area contributed by atoms with Crippen LogP contribution in [0, 0.1) is 5.92 Å². The zero-order valence-electron chi connectivity index (χ0n) is 12.1. The van der Waals surface area contributed by atoms with Gasteiger partial charge in [-0.25, -0.2) is 13.1 Å². The molecule has 3 unspecified atom stereocenters. The molecule has 0 aromatic rings. The molecule has 2 N–H and O–H groups in total. The first-order chi connectivity index (χ1) is 9.95. The van der Waals surface area contributed by atoms with E-state index < -0.39 is 33.2 Å². The molecular formula is C13H22N2O5S. The monoisotopic (exact) mass is 318 g/mol. The van der Waals surface area contributed by atoms with Crippen molar-refractivity contribution in [3.05, 3.63) is 0 Å². The average Bonchev–Trinajstić information content (AvgIpc) is 2.87. The molecule has 1 aliphatic carbocycles. The Morgan fingerprint density at radius 1 is 1.24 bits per heavy atom. The van der Waals surface area contributed by atoms with Crippen molar-refractivity contribution in [3.63, 3.8) is 0 Å². The molecule has 1 heterocycles. The highest BCUT2D eigenvalue weighted by atomic mass is 32.2. The summed E-state index contributed by atoms with van der Waals surface area (Å²) >= 11 is 0. The van der Waals surface area contributed by atoms with Crippen molar-refractivity contribution in [2.75, 3.05) is 13.7 Å².